The van der Waals surface area contributed by atoms with E-state index < -0.39 is 11.6 Å². The highest BCUT2D eigenvalue weighted by Crippen LogP contribution is 2.23. The molecule has 0 spiro atoms. The van der Waals surface area contributed by atoms with Gasteiger partial charge in [0.15, 0.2) is 11.6 Å². The summed E-state index contributed by atoms with van der Waals surface area (Å²) in [4.78, 5) is 4.40. The molecule has 1 unspecified atom stereocenters. The van der Waals surface area contributed by atoms with E-state index in [4.69, 9.17) is 0 Å². The first-order valence-electron chi connectivity index (χ1n) is 7.86. The Morgan fingerprint density at radius 3 is 2.59 bits per heavy atom. The van der Waals surface area contributed by atoms with Crippen LogP contribution in [-0.4, -0.2) is 50.7 Å². The monoisotopic (exact) mass is 331 g/mol. The standard InChI is InChI=1S/C16H23F2N3.ClH/c17-14-4-1-5-15(16(14)18)21-9-7-20(8-10-21)12-13-3-2-6-19-11-13;/h1,4-5,13,19H,2-3,6-12H2;1H. The Hall–Kier alpha value is -0.910. The van der Waals surface area contributed by atoms with Gasteiger partial charge in [-0.05, 0) is 44.0 Å². The number of benzene rings is 1. The fourth-order valence-corrected chi connectivity index (χ4v) is 3.35. The summed E-state index contributed by atoms with van der Waals surface area (Å²) in [5.74, 6) is -0.748. The zero-order valence-electron chi connectivity index (χ0n) is 12.7. The van der Waals surface area contributed by atoms with Crippen molar-refractivity contribution in [3.8, 4) is 0 Å². The van der Waals surface area contributed by atoms with Crippen LogP contribution in [0.25, 0.3) is 0 Å². The fraction of sp³-hybridized carbons (Fsp3) is 0.625. The van der Waals surface area contributed by atoms with Gasteiger partial charge in [0.2, 0.25) is 0 Å². The number of hydrogen-bond acceptors (Lipinski definition) is 3. The molecule has 124 valence electrons. The lowest BCUT2D eigenvalue weighted by molar-refractivity contribution is 0.198. The van der Waals surface area contributed by atoms with E-state index >= 15 is 0 Å². The molecule has 0 amide bonds. The summed E-state index contributed by atoms with van der Waals surface area (Å²) in [5.41, 5.74) is 0.397. The normalized spacial score (nSPS) is 23.2. The van der Waals surface area contributed by atoms with Gasteiger partial charge < -0.3 is 10.2 Å². The summed E-state index contributed by atoms with van der Waals surface area (Å²) < 4.78 is 27.1. The minimum atomic E-state index is -0.761. The van der Waals surface area contributed by atoms with E-state index in [-0.39, 0.29) is 12.4 Å². The van der Waals surface area contributed by atoms with Crippen LogP contribution >= 0.6 is 12.4 Å². The summed E-state index contributed by atoms with van der Waals surface area (Å²) >= 11 is 0. The third kappa shape index (κ3) is 4.09. The molecule has 0 bridgehead atoms. The molecule has 0 aliphatic carbocycles. The lowest BCUT2D eigenvalue weighted by Crippen LogP contribution is -2.49. The summed E-state index contributed by atoms with van der Waals surface area (Å²) in [6, 6.07) is 4.41. The van der Waals surface area contributed by atoms with E-state index in [1.54, 1.807) is 12.1 Å². The van der Waals surface area contributed by atoms with Crippen molar-refractivity contribution in [2.24, 2.45) is 5.92 Å². The van der Waals surface area contributed by atoms with Gasteiger partial charge in [0.05, 0.1) is 5.69 Å². The molecule has 2 saturated heterocycles. The Morgan fingerprint density at radius 2 is 1.91 bits per heavy atom. The Morgan fingerprint density at radius 1 is 1.14 bits per heavy atom. The van der Waals surface area contributed by atoms with Gasteiger partial charge in [-0.15, -0.1) is 12.4 Å². The first-order valence-corrected chi connectivity index (χ1v) is 7.86. The molecule has 0 aromatic heterocycles. The minimum absolute atomic E-state index is 0. The highest BCUT2D eigenvalue weighted by Gasteiger charge is 2.23. The van der Waals surface area contributed by atoms with Crippen molar-refractivity contribution >= 4 is 18.1 Å². The average Bonchev–Trinajstić information content (AvgIpc) is 2.52. The maximum Gasteiger partial charge on any atom is 0.182 e. The highest BCUT2D eigenvalue weighted by atomic mass is 35.5. The lowest BCUT2D eigenvalue weighted by Gasteiger charge is -2.38. The molecule has 6 heteroatoms. The van der Waals surface area contributed by atoms with Gasteiger partial charge in [0.25, 0.3) is 0 Å². The molecule has 22 heavy (non-hydrogen) atoms. The topological polar surface area (TPSA) is 18.5 Å². The predicted molar refractivity (Wildman–Crippen MR) is 87.9 cm³/mol. The molecule has 1 aromatic rings. The second kappa shape index (κ2) is 8.09. The maximum atomic E-state index is 13.8. The molecule has 2 aliphatic rings. The molecular weight excluding hydrogens is 308 g/mol. The van der Waals surface area contributed by atoms with Gasteiger partial charge in [-0.1, -0.05) is 6.07 Å². The molecule has 2 heterocycles. The van der Waals surface area contributed by atoms with Crippen LogP contribution in [0, 0.1) is 17.6 Å². The van der Waals surface area contributed by atoms with Crippen LogP contribution in [0.5, 0.6) is 0 Å². The third-order valence-corrected chi connectivity index (χ3v) is 4.56. The molecule has 2 fully saturated rings. The van der Waals surface area contributed by atoms with Crippen molar-refractivity contribution in [2.45, 2.75) is 12.8 Å². The van der Waals surface area contributed by atoms with E-state index in [1.165, 1.54) is 18.9 Å². The van der Waals surface area contributed by atoms with Crippen molar-refractivity contribution in [2.75, 3.05) is 50.7 Å². The minimum Gasteiger partial charge on any atom is -0.367 e. The third-order valence-electron chi connectivity index (χ3n) is 4.56. The summed E-state index contributed by atoms with van der Waals surface area (Å²) in [6.07, 6.45) is 2.56. The smallest absolute Gasteiger partial charge is 0.182 e. The molecule has 1 aromatic carbocycles. The zero-order valence-corrected chi connectivity index (χ0v) is 13.5. The Labute approximate surface area is 137 Å². The van der Waals surface area contributed by atoms with Gasteiger partial charge in [0.1, 0.15) is 0 Å². The number of hydrogen-bond donors (Lipinski definition) is 1. The molecule has 0 saturated carbocycles. The van der Waals surface area contributed by atoms with Gasteiger partial charge in [-0.3, -0.25) is 4.90 Å². The second-order valence-electron chi connectivity index (χ2n) is 6.07. The molecule has 2 aliphatic heterocycles. The van der Waals surface area contributed by atoms with Crippen molar-refractivity contribution in [1.29, 1.82) is 0 Å². The number of rotatable bonds is 3. The van der Waals surface area contributed by atoms with Crippen molar-refractivity contribution < 1.29 is 8.78 Å². The van der Waals surface area contributed by atoms with Crippen molar-refractivity contribution in [1.82, 2.24) is 10.2 Å². The Balaban J connectivity index is 0.00000176. The number of anilines is 1. The summed E-state index contributed by atoms with van der Waals surface area (Å²) in [5, 5.41) is 3.44. The van der Waals surface area contributed by atoms with Gasteiger partial charge in [-0.25, -0.2) is 8.78 Å². The average molecular weight is 332 g/mol. The van der Waals surface area contributed by atoms with E-state index in [1.807, 2.05) is 4.90 Å². The second-order valence-corrected chi connectivity index (χ2v) is 6.07. The van der Waals surface area contributed by atoms with Crippen molar-refractivity contribution in [3.63, 3.8) is 0 Å². The Kier molecular flexibility index (Phi) is 6.41. The SMILES string of the molecule is Cl.Fc1cccc(N2CCN(CC3CCCNC3)CC2)c1F. The van der Waals surface area contributed by atoms with Crippen LogP contribution in [0.2, 0.25) is 0 Å². The van der Waals surface area contributed by atoms with E-state index in [0.717, 1.165) is 51.7 Å². The zero-order chi connectivity index (χ0) is 14.7. The summed E-state index contributed by atoms with van der Waals surface area (Å²) in [7, 11) is 0. The number of piperazine rings is 1. The summed E-state index contributed by atoms with van der Waals surface area (Å²) in [6.45, 7) is 6.74. The van der Waals surface area contributed by atoms with Crippen molar-refractivity contribution in [3.05, 3.63) is 29.8 Å². The number of halogens is 3. The number of nitrogens with zero attached hydrogens (tertiary/aromatic N) is 2. The quantitative estimate of drug-likeness (QED) is 0.918. The highest BCUT2D eigenvalue weighted by molar-refractivity contribution is 5.85. The van der Waals surface area contributed by atoms with Crippen LogP contribution in [0.15, 0.2) is 18.2 Å². The van der Waals surface area contributed by atoms with Crippen LogP contribution in [0.1, 0.15) is 12.8 Å². The molecule has 1 atom stereocenters. The first kappa shape index (κ1) is 17.4. The molecule has 3 rings (SSSR count). The maximum absolute atomic E-state index is 13.8. The lowest BCUT2D eigenvalue weighted by atomic mass is 9.99. The van der Waals surface area contributed by atoms with E-state index in [2.05, 4.69) is 10.2 Å². The predicted octanol–water partition coefficient (Wildman–Crippen LogP) is 2.51. The fourth-order valence-electron chi connectivity index (χ4n) is 3.35. The molecule has 1 N–H and O–H groups in total. The number of nitrogens with one attached hydrogen (secondary N) is 1. The van der Waals surface area contributed by atoms with E-state index in [9.17, 15) is 8.78 Å². The first-order chi connectivity index (χ1) is 10.2. The number of piperidine rings is 1. The largest absolute Gasteiger partial charge is 0.367 e. The van der Waals surface area contributed by atoms with Gasteiger partial charge in [0, 0.05) is 32.7 Å². The van der Waals surface area contributed by atoms with Gasteiger partial charge in [-0.2, -0.15) is 0 Å². The van der Waals surface area contributed by atoms with Crippen LogP contribution in [0.3, 0.4) is 0 Å². The molecule has 3 nitrogen and oxygen atoms in total. The molecule has 0 radical (unpaired) electrons. The van der Waals surface area contributed by atoms with Gasteiger partial charge >= 0.3 is 0 Å². The van der Waals surface area contributed by atoms with E-state index in [0.29, 0.717) is 5.69 Å². The van der Waals surface area contributed by atoms with Crippen LogP contribution in [0.4, 0.5) is 14.5 Å². The molecular formula is C16H24ClF2N3. The van der Waals surface area contributed by atoms with Crippen LogP contribution in [-0.2, 0) is 0 Å². The van der Waals surface area contributed by atoms with Crippen LogP contribution < -0.4 is 10.2 Å². The Bertz CT molecular complexity index is 472.